The maximum Gasteiger partial charge on any atom is 0.305 e. The number of allylic oxidation sites excluding steroid dienone is 4. The summed E-state index contributed by atoms with van der Waals surface area (Å²) in [6.45, 7) is 8.28. The first-order valence-electron chi connectivity index (χ1n) is 6.02. The van der Waals surface area contributed by atoms with Crippen LogP contribution in [0.1, 0.15) is 34.1 Å². The predicted octanol–water partition coefficient (Wildman–Crippen LogP) is 3.10. The minimum Gasteiger partial charge on any atom is -0.387 e. The number of hydrogen-bond acceptors (Lipinski definition) is 3. The molecule has 0 fully saturated rings. The molecule has 1 aliphatic rings. The van der Waals surface area contributed by atoms with Crippen LogP contribution in [0, 0.1) is 17.8 Å². The Balaban J connectivity index is 3.19. The Morgan fingerprint density at radius 3 is 2.29 bits per heavy atom. The van der Waals surface area contributed by atoms with E-state index in [1.165, 1.54) is 0 Å². The molecular weight excluding hydrogens is 236 g/mol. The second kappa shape index (κ2) is 5.25. The molecule has 0 heterocycles. The van der Waals surface area contributed by atoms with Gasteiger partial charge >= 0.3 is 10.1 Å². The quantitative estimate of drug-likeness (QED) is 0.728. The van der Waals surface area contributed by atoms with Crippen molar-refractivity contribution in [2.24, 2.45) is 17.8 Å². The van der Waals surface area contributed by atoms with Gasteiger partial charge in [0.05, 0.1) is 6.26 Å². The molecule has 1 atom stereocenters. The third-order valence-electron chi connectivity index (χ3n) is 2.98. The lowest BCUT2D eigenvalue weighted by molar-refractivity contribution is 0.289. The zero-order chi connectivity index (χ0) is 13.2. The molecule has 0 aliphatic heterocycles. The lowest BCUT2D eigenvalue weighted by atomic mass is 9.82. The van der Waals surface area contributed by atoms with Crippen molar-refractivity contribution in [2.45, 2.75) is 34.1 Å². The first kappa shape index (κ1) is 14.3. The SMILES string of the molecule is CC(C)C1=C(OS(C)(=O)=O)C(C(C)C)CC=C1. The number of hydrogen-bond donors (Lipinski definition) is 0. The molecule has 0 spiro atoms. The van der Waals surface area contributed by atoms with E-state index in [4.69, 9.17) is 4.18 Å². The maximum atomic E-state index is 11.4. The molecule has 0 saturated heterocycles. The van der Waals surface area contributed by atoms with Crippen LogP contribution >= 0.6 is 0 Å². The van der Waals surface area contributed by atoms with E-state index in [9.17, 15) is 8.42 Å². The average molecular weight is 258 g/mol. The average Bonchev–Trinajstić information content (AvgIpc) is 2.14. The molecule has 1 rings (SSSR count). The second-order valence-corrected chi connectivity index (χ2v) is 6.83. The second-order valence-electron chi connectivity index (χ2n) is 5.25. The molecule has 0 aromatic rings. The van der Waals surface area contributed by atoms with Gasteiger partial charge in [0.2, 0.25) is 0 Å². The van der Waals surface area contributed by atoms with E-state index in [-0.39, 0.29) is 11.8 Å². The topological polar surface area (TPSA) is 43.4 Å². The summed E-state index contributed by atoms with van der Waals surface area (Å²) in [6, 6.07) is 0. The van der Waals surface area contributed by atoms with Crippen LogP contribution in [0.4, 0.5) is 0 Å². The number of rotatable bonds is 4. The highest BCUT2D eigenvalue weighted by molar-refractivity contribution is 7.86. The molecule has 0 N–H and O–H groups in total. The first-order valence-corrected chi connectivity index (χ1v) is 7.84. The van der Waals surface area contributed by atoms with E-state index < -0.39 is 10.1 Å². The molecule has 0 aromatic carbocycles. The van der Waals surface area contributed by atoms with E-state index in [2.05, 4.69) is 19.9 Å². The fourth-order valence-electron chi connectivity index (χ4n) is 2.07. The summed E-state index contributed by atoms with van der Waals surface area (Å²) in [5, 5.41) is 0. The highest BCUT2D eigenvalue weighted by Crippen LogP contribution is 2.35. The van der Waals surface area contributed by atoms with E-state index in [0.29, 0.717) is 11.7 Å². The molecule has 4 heteroatoms. The van der Waals surface area contributed by atoms with Crippen LogP contribution in [-0.4, -0.2) is 14.7 Å². The van der Waals surface area contributed by atoms with Crippen LogP contribution in [0.2, 0.25) is 0 Å². The van der Waals surface area contributed by atoms with Crippen LogP contribution in [-0.2, 0) is 14.3 Å². The van der Waals surface area contributed by atoms with Crippen molar-refractivity contribution in [3.8, 4) is 0 Å². The Hall–Kier alpha value is -0.770. The van der Waals surface area contributed by atoms with Gasteiger partial charge in [-0.25, -0.2) is 0 Å². The van der Waals surface area contributed by atoms with Crippen molar-refractivity contribution in [2.75, 3.05) is 6.26 Å². The highest BCUT2D eigenvalue weighted by Gasteiger charge is 2.28. The minimum absolute atomic E-state index is 0.159. The van der Waals surface area contributed by atoms with Crippen LogP contribution in [0.3, 0.4) is 0 Å². The Morgan fingerprint density at radius 1 is 1.29 bits per heavy atom. The smallest absolute Gasteiger partial charge is 0.305 e. The normalized spacial score (nSPS) is 21.5. The monoisotopic (exact) mass is 258 g/mol. The summed E-state index contributed by atoms with van der Waals surface area (Å²) < 4.78 is 27.9. The lowest BCUT2D eigenvalue weighted by Crippen LogP contribution is -2.21. The molecule has 1 unspecified atom stereocenters. The van der Waals surface area contributed by atoms with E-state index >= 15 is 0 Å². The van der Waals surface area contributed by atoms with E-state index in [1.807, 2.05) is 19.9 Å². The highest BCUT2D eigenvalue weighted by atomic mass is 32.2. The molecule has 0 radical (unpaired) electrons. The van der Waals surface area contributed by atoms with Gasteiger partial charge in [0.25, 0.3) is 0 Å². The molecule has 3 nitrogen and oxygen atoms in total. The van der Waals surface area contributed by atoms with Gasteiger partial charge in [0.1, 0.15) is 5.76 Å². The van der Waals surface area contributed by atoms with Crippen LogP contribution < -0.4 is 0 Å². The van der Waals surface area contributed by atoms with Crippen LogP contribution in [0.15, 0.2) is 23.5 Å². The van der Waals surface area contributed by atoms with Gasteiger partial charge in [-0.2, -0.15) is 8.42 Å². The predicted molar refractivity (Wildman–Crippen MR) is 69.9 cm³/mol. The molecular formula is C13H22O3S. The molecule has 0 aromatic heterocycles. The zero-order valence-corrected chi connectivity index (χ0v) is 12.0. The van der Waals surface area contributed by atoms with Gasteiger partial charge in [-0.3, -0.25) is 0 Å². The van der Waals surface area contributed by atoms with Gasteiger partial charge < -0.3 is 4.18 Å². The van der Waals surface area contributed by atoms with Crippen molar-refractivity contribution < 1.29 is 12.6 Å². The summed E-state index contributed by atoms with van der Waals surface area (Å²) in [5.41, 5.74) is 1.00. The van der Waals surface area contributed by atoms with Crippen molar-refractivity contribution in [3.63, 3.8) is 0 Å². The largest absolute Gasteiger partial charge is 0.387 e. The Bertz CT molecular complexity index is 428. The third-order valence-corrected chi connectivity index (χ3v) is 3.46. The Kier molecular flexibility index (Phi) is 4.42. The molecule has 98 valence electrons. The fourth-order valence-corrected chi connectivity index (χ4v) is 2.62. The van der Waals surface area contributed by atoms with Crippen molar-refractivity contribution in [3.05, 3.63) is 23.5 Å². The van der Waals surface area contributed by atoms with Crippen molar-refractivity contribution in [1.82, 2.24) is 0 Å². The standard InChI is InChI=1S/C13H22O3S/c1-9(2)11-7-6-8-12(10(3)4)13(11)16-17(5,14)15/h6-7,9-10,12H,8H2,1-5H3. The first-order chi connectivity index (χ1) is 7.72. The molecule has 0 saturated carbocycles. The van der Waals surface area contributed by atoms with Crippen LogP contribution in [0.5, 0.6) is 0 Å². The van der Waals surface area contributed by atoms with Crippen molar-refractivity contribution in [1.29, 1.82) is 0 Å². The molecule has 0 bridgehead atoms. The minimum atomic E-state index is -3.45. The van der Waals surface area contributed by atoms with Gasteiger partial charge in [0.15, 0.2) is 0 Å². The maximum absolute atomic E-state index is 11.4. The van der Waals surface area contributed by atoms with Crippen LogP contribution in [0.25, 0.3) is 0 Å². The van der Waals surface area contributed by atoms with E-state index in [0.717, 1.165) is 18.2 Å². The lowest BCUT2D eigenvalue weighted by Gasteiger charge is -2.28. The summed E-state index contributed by atoms with van der Waals surface area (Å²) in [6.07, 6.45) is 6.05. The Morgan fingerprint density at radius 2 is 1.88 bits per heavy atom. The fraction of sp³-hybridized carbons (Fsp3) is 0.692. The summed E-state index contributed by atoms with van der Waals surface area (Å²) >= 11 is 0. The van der Waals surface area contributed by atoms with Gasteiger partial charge in [-0.05, 0) is 23.8 Å². The Labute approximate surface area is 105 Å². The molecule has 17 heavy (non-hydrogen) atoms. The summed E-state index contributed by atoms with van der Waals surface area (Å²) in [4.78, 5) is 0. The molecule has 1 aliphatic carbocycles. The zero-order valence-electron chi connectivity index (χ0n) is 11.2. The van der Waals surface area contributed by atoms with Gasteiger partial charge in [0, 0.05) is 5.92 Å². The third kappa shape index (κ3) is 3.87. The molecule has 0 amide bonds. The van der Waals surface area contributed by atoms with Gasteiger partial charge in [-0.15, -0.1) is 0 Å². The van der Waals surface area contributed by atoms with Gasteiger partial charge in [-0.1, -0.05) is 39.8 Å². The summed E-state index contributed by atoms with van der Waals surface area (Å²) in [5.74, 6) is 1.43. The summed E-state index contributed by atoms with van der Waals surface area (Å²) in [7, 11) is -3.45. The van der Waals surface area contributed by atoms with Crippen molar-refractivity contribution >= 4 is 10.1 Å². The van der Waals surface area contributed by atoms with E-state index in [1.54, 1.807) is 0 Å².